The number of phenols is 1. The summed E-state index contributed by atoms with van der Waals surface area (Å²) in [6.07, 6.45) is 0. The Kier molecular flexibility index (Phi) is 5.81. The van der Waals surface area contributed by atoms with Crippen molar-refractivity contribution >= 4 is 34.9 Å². The second-order valence-electron chi connectivity index (χ2n) is 5.79. The molecular formula is C21H16ClNO5. The fourth-order valence-corrected chi connectivity index (χ4v) is 2.82. The Balaban J connectivity index is 2.04. The van der Waals surface area contributed by atoms with Gasteiger partial charge < -0.3 is 14.9 Å². The number of carboxylic acids is 1. The van der Waals surface area contributed by atoms with Crippen LogP contribution in [-0.4, -0.2) is 28.7 Å². The van der Waals surface area contributed by atoms with Crippen LogP contribution in [0.1, 0.15) is 10.4 Å². The van der Waals surface area contributed by atoms with Crippen molar-refractivity contribution in [1.29, 1.82) is 0 Å². The van der Waals surface area contributed by atoms with Crippen molar-refractivity contribution in [2.45, 2.75) is 0 Å². The van der Waals surface area contributed by atoms with Crippen molar-refractivity contribution in [2.75, 3.05) is 11.5 Å². The fraction of sp³-hybridized carbons (Fsp3) is 0.0476. The van der Waals surface area contributed by atoms with Gasteiger partial charge in [-0.2, -0.15) is 0 Å². The highest BCUT2D eigenvalue weighted by Crippen LogP contribution is 2.36. The summed E-state index contributed by atoms with van der Waals surface area (Å²) in [5, 5.41) is 20.0. The molecule has 0 unspecified atom stereocenters. The Bertz CT molecular complexity index is 1010. The second-order valence-corrected chi connectivity index (χ2v) is 6.22. The number of ether oxygens (including phenoxy) is 1. The summed E-state index contributed by atoms with van der Waals surface area (Å²) in [5.74, 6) is -1.51. The van der Waals surface area contributed by atoms with E-state index in [2.05, 4.69) is 0 Å². The predicted molar refractivity (Wildman–Crippen MR) is 106 cm³/mol. The lowest BCUT2D eigenvalue weighted by molar-refractivity contribution is -0.119. The number of phenolic OH excluding ortho intramolecular Hbond substituents is 1. The van der Waals surface area contributed by atoms with Crippen LogP contribution in [0.2, 0.25) is 5.02 Å². The van der Waals surface area contributed by atoms with Crippen molar-refractivity contribution in [3.63, 3.8) is 0 Å². The topological polar surface area (TPSA) is 87.1 Å². The van der Waals surface area contributed by atoms with Gasteiger partial charge in [0.2, 0.25) is 0 Å². The summed E-state index contributed by atoms with van der Waals surface area (Å²) >= 11 is 6.05. The fourth-order valence-electron chi connectivity index (χ4n) is 2.65. The van der Waals surface area contributed by atoms with Gasteiger partial charge in [0.25, 0.3) is 5.91 Å². The van der Waals surface area contributed by atoms with Gasteiger partial charge in [0.05, 0.1) is 16.9 Å². The number of anilines is 2. The molecule has 3 aromatic carbocycles. The molecule has 0 saturated heterocycles. The van der Waals surface area contributed by atoms with Crippen LogP contribution in [0.3, 0.4) is 0 Å². The summed E-state index contributed by atoms with van der Waals surface area (Å²) in [5.41, 5.74) is 0.0119. The van der Waals surface area contributed by atoms with E-state index in [0.717, 1.165) is 4.90 Å². The molecule has 0 fully saturated rings. The van der Waals surface area contributed by atoms with Gasteiger partial charge in [0.1, 0.15) is 11.5 Å². The minimum Gasteiger partial charge on any atom is -0.506 e. The first kappa shape index (κ1) is 19.3. The smallest absolute Gasteiger partial charge is 0.337 e. The van der Waals surface area contributed by atoms with Crippen LogP contribution in [0.4, 0.5) is 11.4 Å². The molecule has 7 heteroatoms. The van der Waals surface area contributed by atoms with Gasteiger partial charge in [0, 0.05) is 5.02 Å². The maximum Gasteiger partial charge on any atom is 0.337 e. The van der Waals surface area contributed by atoms with Crippen LogP contribution >= 0.6 is 11.6 Å². The van der Waals surface area contributed by atoms with E-state index in [9.17, 15) is 19.8 Å². The molecule has 0 aliphatic heterocycles. The third-order valence-electron chi connectivity index (χ3n) is 3.91. The summed E-state index contributed by atoms with van der Waals surface area (Å²) in [6, 6.07) is 18.9. The zero-order valence-corrected chi connectivity index (χ0v) is 15.3. The lowest BCUT2D eigenvalue weighted by atomic mass is 10.1. The average molecular weight is 398 g/mol. The van der Waals surface area contributed by atoms with Gasteiger partial charge in [-0.05, 0) is 42.5 Å². The van der Waals surface area contributed by atoms with Crippen molar-refractivity contribution in [3.05, 3.63) is 83.4 Å². The summed E-state index contributed by atoms with van der Waals surface area (Å²) in [4.78, 5) is 25.8. The van der Waals surface area contributed by atoms with Crippen molar-refractivity contribution in [1.82, 2.24) is 0 Å². The number of aromatic hydroxyl groups is 1. The molecule has 0 saturated carbocycles. The Labute approximate surface area is 166 Å². The monoisotopic (exact) mass is 397 g/mol. The highest BCUT2D eigenvalue weighted by atomic mass is 35.5. The van der Waals surface area contributed by atoms with Crippen LogP contribution in [0, 0.1) is 0 Å². The Hall–Kier alpha value is -3.51. The van der Waals surface area contributed by atoms with Crippen molar-refractivity contribution < 1.29 is 24.5 Å². The van der Waals surface area contributed by atoms with E-state index in [1.54, 1.807) is 36.4 Å². The maximum atomic E-state index is 13.0. The lowest BCUT2D eigenvalue weighted by Crippen LogP contribution is -2.32. The van der Waals surface area contributed by atoms with Crippen LogP contribution in [0.5, 0.6) is 11.5 Å². The van der Waals surface area contributed by atoms with Gasteiger partial charge >= 0.3 is 5.97 Å². The Morgan fingerprint density at radius 2 is 1.61 bits per heavy atom. The molecule has 0 radical (unpaired) electrons. The number of halogens is 1. The number of aromatic carboxylic acids is 1. The Morgan fingerprint density at radius 1 is 0.929 bits per heavy atom. The second kappa shape index (κ2) is 8.45. The molecule has 0 aliphatic rings. The molecule has 28 heavy (non-hydrogen) atoms. The van der Waals surface area contributed by atoms with E-state index in [0.29, 0.717) is 5.75 Å². The molecule has 1 amide bonds. The van der Waals surface area contributed by atoms with E-state index < -0.39 is 11.9 Å². The lowest BCUT2D eigenvalue weighted by Gasteiger charge is -2.25. The van der Waals surface area contributed by atoms with Crippen LogP contribution in [0.15, 0.2) is 72.8 Å². The van der Waals surface area contributed by atoms with Crippen LogP contribution in [-0.2, 0) is 4.79 Å². The summed E-state index contributed by atoms with van der Waals surface area (Å²) < 4.78 is 5.51. The Morgan fingerprint density at radius 3 is 2.29 bits per heavy atom. The molecule has 0 heterocycles. The maximum absolute atomic E-state index is 13.0. The summed E-state index contributed by atoms with van der Waals surface area (Å²) in [7, 11) is 0. The number of para-hydroxylation sites is 3. The minimum atomic E-state index is -1.23. The molecule has 2 N–H and O–H groups in total. The van der Waals surface area contributed by atoms with E-state index >= 15 is 0 Å². The molecule has 6 nitrogen and oxygen atoms in total. The molecule has 0 spiro atoms. The SMILES string of the molecule is O=C(O)c1ccc(Cl)cc1N(C(=O)COc1ccccc1)c1ccccc1O. The third-order valence-corrected chi connectivity index (χ3v) is 4.14. The first-order chi connectivity index (χ1) is 13.5. The number of carbonyl (C=O) groups is 2. The number of benzene rings is 3. The molecule has 142 valence electrons. The van der Waals surface area contributed by atoms with Gasteiger partial charge in [-0.3, -0.25) is 9.69 Å². The molecular weight excluding hydrogens is 382 g/mol. The van der Waals surface area contributed by atoms with Gasteiger partial charge in [0.15, 0.2) is 6.61 Å². The van der Waals surface area contributed by atoms with E-state index in [1.165, 1.54) is 30.3 Å². The van der Waals surface area contributed by atoms with Crippen molar-refractivity contribution in [2.24, 2.45) is 0 Å². The largest absolute Gasteiger partial charge is 0.506 e. The normalized spacial score (nSPS) is 10.3. The average Bonchev–Trinajstić information content (AvgIpc) is 2.69. The van der Waals surface area contributed by atoms with Crippen LogP contribution in [0.25, 0.3) is 0 Å². The van der Waals surface area contributed by atoms with Gasteiger partial charge in [-0.25, -0.2) is 4.79 Å². The number of hydrogen-bond acceptors (Lipinski definition) is 4. The number of carbonyl (C=O) groups excluding carboxylic acids is 1. The van der Waals surface area contributed by atoms with E-state index in [-0.39, 0.29) is 34.3 Å². The number of rotatable bonds is 6. The summed E-state index contributed by atoms with van der Waals surface area (Å²) in [6.45, 7) is -0.371. The minimum absolute atomic E-state index is 0.0307. The predicted octanol–water partition coefficient (Wildman–Crippen LogP) is 4.49. The van der Waals surface area contributed by atoms with Gasteiger partial charge in [-0.15, -0.1) is 0 Å². The van der Waals surface area contributed by atoms with Crippen LogP contribution < -0.4 is 9.64 Å². The quantitative estimate of drug-likeness (QED) is 0.640. The standard InChI is InChI=1S/C21H16ClNO5/c22-14-10-11-16(21(26)27)18(12-14)23(17-8-4-5-9-19(17)24)20(25)13-28-15-6-2-1-3-7-15/h1-12,24H,13H2,(H,26,27). The highest BCUT2D eigenvalue weighted by molar-refractivity contribution is 6.31. The zero-order valence-electron chi connectivity index (χ0n) is 14.6. The third kappa shape index (κ3) is 4.24. The number of amides is 1. The van der Waals surface area contributed by atoms with Crippen molar-refractivity contribution in [3.8, 4) is 11.5 Å². The zero-order chi connectivity index (χ0) is 20.1. The molecule has 3 rings (SSSR count). The van der Waals surface area contributed by atoms with E-state index in [1.807, 2.05) is 6.07 Å². The first-order valence-corrected chi connectivity index (χ1v) is 8.67. The molecule has 0 atom stereocenters. The number of carboxylic acid groups (broad SMARTS) is 1. The molecule has 3 aromatic rings. The number of hydrogen-bond donors (Lipinski definition) is 2. The van der Waals surface area contributed by atoms with Gasteiger partial charge in [-0.1, -0.05) is 41.9 Å². The molecule has 0 bridgehead atoms. The number of nitrogens with zero attached hydrogens (tertiary/aromatic N) is 1. The molecule has 0 aliphatic carbocycles. The highest BCUT2D eigenvalue weighted by Gasteiger charge is 2.26. The van der Waals surface area contributed by atoms with E-state index in [4.69, 9.17) is 16.3 Å². The molecule has 0 aromatic heterocycles. The first-order valence-electron chi connectivity index (χ1n) is 8.29.